The van der Waals surface area contributed by atoms with E-state index in [1.54, 1.807) is 6.20 Å². The van der Waals surface area contributed by atoms with Gasteiger partial charge in [-0.05, 0) is 32.0 Å². The molecule has 0 aliphatic carbocycles. The number of nitrogens with zero attached hydrogens (tertiary/aromatic N) is 1. The van der Waals surface area contributed by atoms with Crippen LogP contribution in [0.15, 0.2) is 36.5 Å². The highest BCUT2D eigenvalue weighted by atomic mass is 16.2. The number of benzene rings is 1. The lowest BCUT2D eigenvalue weighted by Crippen LogP contribution is -2.35. The van der Waals surface area contributed by atoms with Crippen molar-refractivity contribution in [2.24, 2.45) is 5.41 Å². The maximum absolute atomic E-state index is 12.3. The zero-order valence-electron chi connectivity index (χ0n) is 10.9. The first-order chi connectivity index (χ1) is 9.17. The second kappa shape index (κ2) is 4.63. The minimum Gasteiger partial charge on any atom is -0.324 e. The largest absolute Gasteiger partial charge is 0.324 e. The zero-order chi connectivity index (χ0) is 13.3. The van der Waals surface area contributed by atoms with Crippen molar-refractivity contribution in [2.45, 2.75) is 13.3 Å². The average Bonchev–Trinajstić information content (AvgIpc) is 2.87. The molecule has 1 amide bonds. The third-order valence-electron chi connectivity index (χ3n) is 3.77. The summed E-state index contributed by atoms with van der Waals surface area (Å²) in [6.07, 6.45) is 2.59. The highest BCUT2D eigenvalue weighted by Crippen LogP contribution is 2.26. The van der Waals surface area contributed by atoms with Crippen LogP contribution in [0.5, 0.6) is 0 Å². The number of carbonyl (C=O) groups excluding carboxylic acids is 1. The fraction of sp³-hybridized carbons (Fsp3) is 0.333. The first kappa shape index (κ1) is 12.1. The number of anilines is 1. The monoisotopic (exact) mass is 255 g/mol. The maximum atomic E-state index is 12.3. The van der Waals surface area contributed by atoms with Crippen LogP contribution in [-0.4, -0.2) is 24.0 Å². The molecule has 98 valence electrons. The molecule has 4 heteroatoms. The fourth-order valence-corrected chi connectivity index (χ4v) is 2.43. The average molecular weight is 255 g/mol. The Morgan fingerprint density at radius 1 is 1.42 bits per heavy atom. The van der Waals surface area contributed by atoms with Gasteiger partial charge in [-0.25, -0.2) is 0 Å². The minimum atomic E-state index is -0.314. The van der Waals surface area contributed by atoms with Crippen molar-refractivity contribution in [3.63, 3.8) is 0 Å². The molecule has 0 radical (unpaired) electrons. The van der Waals surface area contributed by atoms with Gasteiger partial charge in [0.2, 0.25) is 5.91 Å². The van der Waals surface area contributed by atoms with Crippen molar-refractivity contribution in [1.29, 1.82) is 0 Å². The molecule has 0 spiro atoms. The van der Waals surface area contributed by atoms with Crippen LogP contribution in [-0.2, 0) is 4.79 Å². The summed E-state index contributed by atoms with van der Waals surface area (Å²) in [5, 5.41) is 7.24. The predicted octanol–water partition coefficient (Wildman–Crippen LogP) is 2.17. The molecule has 19 heavy (non-hydrogen) atoms. The molecule has 0 saturated carbocycles. The van der Waals surface area contributed by atoms with Crippen LogP contribution in [0, 0.1) is 5.41 Å². The molecular weight excluding hydrogens is 238 g/mol. The molecule has 1 saturated heterocycles. The Bertz CT molecular complexity index is 618. The molecule has 1 fully saturated rings. The molecule has 2 heterocycles. The van der Waals surface area contributed by atoms with E-state index in [9.17, 15) is 4.79 Å². The summed E-state index contributed by atoms with van der Waals surface area (Å²) in [5.41, 5.74) is 1.39. The van der Waals surface area contributed by atoms with Gasteiger partial charge in [0, 0.05) is 11.9 Å². The Balaban J connectivity index is 1.83. The van der Waals surface area contributed by atoms with Crippen LogP contribution in [0.4, 0.5) is 5.69 Å². The fourth-order valence-electron chi connectivity index (χ4n) is 2.43. The molecule has 1 aromatic heterocycles. The zero-order valence-corrected chi connectivity index (χ0v) is 10.9. The van der Waals surface area contributed by atoms with Crippen LogP contribution in [0.1, 0.15) is 13.3 Å². The minimum absolute atomic E-state index is 0.0644. The summed E-state index contributed by atoms with van der Waals surface area (Å²) in [4.78, 5) is 16.6. The van der Waals surface area contributed by atoms with Crippen LogP contribution in [0.2, 0.25) is 0 Å². The number of rotatable bonds is 2. The smallest absolute Gasteiger partial charge is 0.231 e. The van der Waals surface area contributed by atoms with Crippen LogP contribution in [0.3, 0.4) is 0 Å². The quantitative estimate of drug-likeness (QED) is 0.864. The van der Waals surface area contributed by atoms with Gasteiger partial charge in [0.05, 0.1) is 22.8 Å². The topological polar surface area (TPSA) is 54.0 Å². The van der Waals surface area contributed by atoms with Gasteiger partial charge in [0.1, 0.15) is 0 Å². The van der Waals surface area contributed by atoms with E-state index in [-0.39, 0.29) is 11.3 Å². The summed E-state index contributed by atoms with van der Waals surface area (Å²) in [5.74, 6) is 0.0644. The molecule has 2 aromatic rings. The lowest BCUT2D eigenvalue weighted by Gasteiger charge is -2.21. The number of aromatic nitrogens is 1. The summed E-state index contributed by atoms with van der Waals surface area (Å²) in [7, 11) is 0. The summed E-state index contributed by atoms with van der Waals surface area (Å²) >= 11 is 0. The van der Waals surface area contributed by atoms with Crippen LogP contribution in [0.25, 0.3) is 10.9 Å². The van der Waals surface area contributed by atoms with E-state index in [1.165, 1.54) is 0 Å². The van der Waals surface area contributed by atoms with E-state index in [0.29, 0.717) is 0 Å². The summed E-state index contributed by atoms with van der Waals surface area (Å²) in [6.45, 7) is 3.64. The van der Waals surface area contributed by atoms with Crippen LogP contribution < -0.4 is 10.6 Å². The maximum Gasteiger partial charge on any atom is 0.231 e. The SMILES string of the molecule is CC1(C(=O)Nc2cnc3ccccc3c2)CCNC1. The molecule has 1 aliphatic rings. The Hall–Kier alpha value is -1.94. The molecule has 3 rings (SSSR count). The molecule has 4 nitrogen and oxygen atoms in total. The Morgan fingerprint density at radius 3 is 3.05 bits per heavy atom. The molecule has 1 unspecified atom stereocenters. The van der Waals surface area contributed by atoms with Crippen molar-refractivity contribution in [1.82, 2.24) is 10.3 Å². The molecule has 1 aromatic carbocycles. The Morgan fingerprint density at radius 2 is 2.26 bits per heavy atom. The van der Waals surface area contributed by atoms with Gasteiger partial charge in [0.15, 0.2) is 0 Å². The van der Waals surface area contributed by atoms with Gasteiger partial charge in [0.25, 0.3) is 0 Å². The van der Waals surface area contributed by atoms with Gasteiger partial charge in [-0.3, -0.25) is 9.78 Å². The Labute approximate surface area is 112 Å². The van der Waals surface area contributed by atoms with E-state index in [2.05, 4.69) is 15.6 Å². The van der Waals surface area contributed by atoms with Crippen molar-refractivity contribution < 1.29 is 4.79 Å². The van der Waals surface area contributed by atoms with Gasteiger partial charge >= 0.3 is 0 Å². The number of pyridine rings is 1. The number of amides is 1. The molecule has 0 bridgehead atoms. The molecular formula is C15H17N3O. The number of nitrogens with one attached hydrogen (secondary N) is 2. The van der Waals surface area contributed by atoms with Crippen molar-refractivity contribution in [3.8, 4) is 0 Å². The normalized spacial score (nSPS) is 22.6. The van der Waals surface area contributed by atoms with E-state index in [4.69, 9.17) is 0 Å². The second-order valence-corrected chi connectivity index (χ2v) is 5.36. The number of hydrogen-bond acceptors (Lipinski definition) is 3. The second-order valence-electron chi connectivity index (χ2n) is 5.36. The highest BCUT2D eigenvalue weighted by molar-refractivity contribution is 5.96. The van der Waals surface area contributed by atoms with Gasteiger partial charge in [-0.15, -0.1) is 0 Å². The van der Waals surface area contributed by atoms with Crippen LogP contribution >= 0.6 is 0 Å². The number of para-hydroxylation sites is 1. The van der Waals surface area contributed by atoms with Crippen molar-refractivity contribution >= 4 is 22.5 Å². The van der Waals surface area contributed by atoms with Gasteiger partial charge in [-0.2, -0.15) is 0 Å². The first-order valence-corrected chi connectivity index (χ1v) is 6.54. The molecule has 1 atom stereocenters. The predicted molar refractivity (Wildman–Crippen MR) is 76.0 cm³/mol. The van der Waals surface area contributed by atoms with E-state index < -0.39 is 0 Å². The summed E-state index contributed by atoms with van der Waals surface area (Å²) < 4.78 is 0. The number of fused-ring (bicyclic) bond motifs is 1. The van der Waals surface area contributed by atoms with Gasteiger partial charge < -0.3 is 10.6 Å². The number of carbonyl (C=O) groups is 1. The third kappa shape index (κ3) is 2.31. The molecule has 2 N–H and O–H groups in total. The highest BCUT2D eigenvalue weighted by Gasteiger charge is 2.36. The third-order valence-corrected chi connectivity index (χ3v) is 3.77. The number of hydrogen-bond donors (Lipinski definition) is 2. The summed E-state index contributed by atoms with van der Waals surface area (Å²) in [6, 6.07) is 9.85. The standard InChI is InChI=1S/C15H17N3O/c1-15(6-7-16-10-15)14(19)18-12-8-11-4-2-3-5-13(11)17-9-12/h2-5,8-9,16H,6-7,10H2,1H3,(H,18,19). The first-order valence-electron chi connectivity index (χ1n) is 6.54. The van der Waals surface area contributed by atoms with E-state index in [0.717, 1.165) is 36.1 Å². The van der Waals surface area contributed by atoms with Gasteiger partial charge in [-0.1, -0.05) is 18.2 Å². The van der Waals surface area contributed by atoms with Crippen molar-refractivity contribution in [2.75, 3.05) is 18.4 Å². The van der Waals surface area contributed by atoms with E-state index in [1.807, 2.05) is 37.3 Å². The lowest BCUT2D eigenvalue weighted by molar-refractivity contribution is -0.123. The Kier molecular flexibility index (Phi) is 2.95. The van der Waals surface area contributed by atoms with E-state index >= 15 is 0 Å². The van der Waals surface area contributed by atoms with Crippen molar-refractivity contribution in [3.05, 3.63) is 36.5 Å². The molecule has 1 aliphatic heterocycles. The lowest BCUT2D eigenvalue weighted by atomic mass is 9.89.